The molecular formula is C14H17NO2. The van der Waals surface area contributed by atoms with Crippen molar-refractivity contribution >= 4 is 0 Å². The van der Waals surface area contributed by atoms with Crippen LogP contribution in [0.15, 0.2) is 24.3 Å². The maximum absolute atomic E-state index is 8.75. The van der Waals surface area contributed by atoms with Crippen LogP contribution in [0, 0.1) is 11.3 Å². The summed E-state index contributed by atoms with van der Waals surface area (Å²) >= 11 is 0. The van der Waals surface area contributed by atoms with Gasteiger partial charge < -0.3 is 9.47 Å². The molecule has 0 saturated carbocycles. The summed E-state index contributed by atoms with van der Waals surface area (Å²) in [6.45, 7) is 8.10. The Bertz CT molecular complexity index is 438. The molecule has 0 aromatic heterocycles. The number of nitrogens with zero attached hydrogens (tertiary/aromatic N) is 1. The molecule has 17 heavy (non-hydrogen) atoms. The summed E-state index contributed by atoms with van der Waals surface area (Å²) in [7, 11) is 0. The van der Waals surface area contributed by atoms with Gasteiger partial charge in [-0.25, -0.2) is 0 Å². The second-order valence-corrected chi connectivity index (χ2v) is 5.32. The maximum Gasteiger partial charge on any atom is 0.185 e. The Morgan fingerprint density at radius 1 is 1.00 bits per heavy atom. The first-order valence-corrected chi connectivity index (χ1v) is 5.71. The van der Waals surface area contributed by atoms with E-state index in [1.54, 1.807) is 12.1 Å². The first-order chi connectivity index (χ1) is 7.86. The summed E-state index contributed by atoms with van der Waals surface area (Å²) in [5, 5.41) is 8.75. The Morgan fingerprint density at radius 2 is 1.47 bits per heavy atom. The highest BCUT2D eigenvalue weighted by atomic mass is 16.7. The first-order valence-electron chi connectivity index (χ1n) is 5.71. The molecule has 0 atom stereocenters. The summed E-state index contributed by atoms with van der Waals surface area (Å²) in [5.41, 5.74) is 0.935. The molecule has 0 amide bonds. The van der Waals surface area contributed by atoms with Crippen LogP contribution in [-0.2, 0) is 9.47 Å². The van der Waals surface area contributed by atoms with E-state index >= 15 is 0 Å². The van der Waals surface area contributed by atoms with Gasteiger partial charge in [0.1, 0.15) is 0 Å². The number of ether oxygens (including phenoxy) is 2. The molecule has 1 aromatic carbocycles. The standard InChI is InChI=1S/C14H17NO2/c1-13(2)14(3,4)17-12(16-13)11-7-5-10(9-15)6-8-11/h5-8,12H,1-4H3. The molecule has 3 heteroatoms. The lowest BCUT2D eigenvalue weighted by molar-refractivity contribution is -0.0895. The number of rotatable bonds is 1. The minimum Gasteiger partial charge on any atom is -0.339 e. The fourth-order valence-electron chi connectivity index (χ4n) is 1.69. The Kier molecular flexibility index (Phi) is 2.73. The molecule has 1 fully saturated rings. The lowest BCUT2D eigenvalue weighted by Gasteiger charge is -2.30. The van der Waals surface area contributed by atoms with Crippen LogP contribution < -0.4 is 0 Å². The van der Waals surface area contributed by atoms with Crippen LogP contribution >= 0.6 is 0 Å². The summed E-state index contributed by atoms with van der Waals surface area (Å²) in [5.74, 6) is 0. The molecule has 1 aromatic rings. The van der Waals surface area contributed by atoms with E-state index in [-0.39, 0.29) is 17.5 Å². The lowest BCUT2D eigenvalue weighted by Crippen LogP contribution is -2.41. The van der Waals surface area contributed by atoms with E-state index in [2.05, 4.69) is 6.07 Å². The van der Waals surface area contributed by atoms with Gasteiger partial charge in [0.05, 0.1) is 22.8 Å². The van der Waals surface area contributed by atoms with Crippen molar-refractivity contribution in [2.75, 3.05) is 0 Å². The Labute approximate surface area is 102 Å². The third kappa shape index (κ3) is 2.06. The van der Waals surface area contributed by atoms with Crippen LogP contribution in [0.1, 0.15) is 45.1 Å². The van der Waals surface area contributed by atoms with E-state index in [4.69, 9.17) is 14.7 Å². The van der Waals surface area contributed by atoms with Gasteiger partial charge >= 0.3 is 0 Å². The maximum atomic E-state index is 8.75. The van der Waals surface area contributed by atoms with E-state index in [1.807, 2.05) is 39.8 Å². The van der Waals surface area contributed by atoms with E-state index < -0.39 is 0 Å². The van der Waals surface area contributed by atoms with Crippen LogP contribution in [0.25, 0.3) is 0 Å². The van der Waals surface area contributed by atoms with Gasteiger partial charge in [-0.05, 0) is 39.8 Å². The van der Waals surface area contributed by atoms with Gasteiger partial charge in [-0.1, -0.05) is 12.1 Å². The van der Waals surface area contributed by atoms with Crippen molar-refractivity contribution in [2.24, 2.45) is 0 Å². The average Bonchev–Trinajstić information content (AvgIpc) is 2.48. The number of benzene rings is 1. The van der Waals surface area contributed by atoms with Crippen molar-refractivity contribution < 1.29 is 9.47 Å². The number of hydrogen-bond donors (Lipinski definition) is 0. The minimum absolute atomic E-state index is 0.328. The Balaban J connectivity index is 2.23. The van der Waals surface area contributed by atoms with Gasteiger partial charge in [-0.2, -0.15) is 5.26 Å². The molecule has 3 nitrogen and oxygen atoms in total. The zero-order valence-corrected chi connectivity index (χ0v) is 10.7. The first kappa shape index (κ1) is 12.1. The molecule has 0 spiro atoms. The summed E-state index contributed by atoms with van der Waals surface area (Å²) in [6.07, 6.45) is -0.354. The predicted octanol–water partition coefficient (Wildman–Crippen LogP) is 3.16. The summed E-state index contributed by atoms with van der Waals surface area (Å²) in [4.78, 5) is 0. The van der Waals surface area contributed by atoms with Crippen LogP contribution in [0.4, 0.5) is 0 Å². The van der Waals surface area contributed by atoms with E-state index in [9.17, 15) is 0 Å². The predicted molar refractivity (Wildman–Crippen MR) is 64.2 cm³/mol. The minimum atomic E-state index is -0.354. The van der Waals surface area contributed by atoms with E-state index in [1.165, 1.54) is 0 Å². The molecule has 1 aliphatic rings. The lowest BCUT2D eigenvalue weighted by atomic mass is 9.90. The second kappa shape index (κ2) is 3.83. The summed E-state index contributed by atoms with van der Waals surface area (Å²) < 4.78 is 11.8. The second-order valence-electron chi connectivity index (χ2n) is 5.32. The molecular weight excluding hydrogens is 214 g/mol. The third-order valence-electron chi connectivity index (χ3n) is 3.57. The molecule has 90 valence electrons. The highest BCUT2D eigenvalue weighted by Crippen LogP contribution is 2.44. The van der Waals surface area contributed by atoms with Gasteiger partial charge in [0.15, 0.2) is 6.29 Å². The third-order valence-corrected chi connectivity index (χ3v) is 3.57. The fraction of sp³-hybridized carbons (Fsp3) is 0.500. The molecule has 1 heterocycles. The number of nitriles is 1. The smallest absolute Gasteiger partial charge is 0.185 e. The zero-order chi connectivity index (χ0) is 12.7. The molecule has 0 aliphatic carbocycles. The molecule has 2 rings (SSSR count). The monoisotopic (exact) mass is 231 g/mol. The summed E-state index contributed by atoms with van der Waals surface area (Å²) in [6, 6.07) is 9.40. The Hall–Kier alpha value is -1.37. The van der Waals surface area contributed by atoms with E-state index in [0.717, 1.165) is 5.56 Å². The van der Waals surface area contributed by atoms with Gasteiger partial charge in [-0.3, -0.25) is 0 Å². The van der Waals surface area contributed by atoms with Gasteiger partial charge in [-0.15, -0.1) is 0 Å². The van der Waals surface area contributed by atoms with Crippen molar-refractivity contribution in [2.45, 2.75) is 45.2 Å². The molecule has 1 aliphatic heterocycles. The topological polar surface area (TPSA) is 42.2 Å². The molecule has 1 saturated heterocycles. The van der Waals surface area contributed by atoms with Crippen LogP contribution in [0.2, 0.25) is 0 Å². The molecule has 0 unspecified atom stereocenters. The van der Waals surface area contributed by atoms with Crippen molar-refractivity contribution in [3.63, 3.8) is 0 Å². The largest absolute Gasteiger partial charge is 0.339 e. The van der Waals surface area contributed by atoms with Crippen molar-refractivity contribution in [3.8, 4) is 6.07 Å². The van der Waals surface area contributed by atoms with Crippen LogP contribution in [-0.4, -0.2) is 11.2 Å². The highest BCUT2D eigenvalue weighted by molar-refractivity contribution is 5.32. The fourth-order valence-corrected chi connectivity index (χ4v) is 1.69. The van der Waals surface area contributed by atoms with Crippen LogP contribution in [0.5, 0.6) is 0 Å². The quantitative estimate of drug-likeness (QED) is 0.745. The Morgan fingerprint density at radius 3 is 1.88 bits per heavy atom. The van der Waals surface area contributed by atoms with Gasteiger partial charge in [0.25, 0.3) is 0 Å². The molecule has 0 bridgehead atoms. The van der Waals surface area contributed by atoms with Crippen molar-refractivity contribution in [3.05, 3.63) is 35.4 Å². The highest BCUT2D eigenvalue weighted by Gasteiger charge is 2.49. The number of hydrogen-bond acceptors (Lipinski definition) is 3. The zero-order valence-electron chi connectivity index (χ0n) is 10.7. The SMILES string of the molecule is CC1(C)OC(c2ccc(C#N)cc2)OC1(C)C. The molecule has 0 N–H and O–H groups in total. The normalized spacial score (nSPS) is 22.3. The van der Waals surface area contributed by atoms with Gasteiger partial charge in [0, 0.05) is 5.56 Å². The van der Waals surface area contributed by atoms with E-state index in [0.29, 0.717) is 5.56 Å². The average molecular weight is 231 g/mol. The van der Waals surface area contributed by atoms with Crippen molar-refractivity contribution in [1.29, 1.82) is 5.26 Å². The van der Waals surface area contributed by atoms with Crippen molar-refractivity contribution in [1.82, 2.24) is 0 Å². The molecule has 0 radical (unpaired) electrons. The van der Waals surface area contributed by atoms with Crippen LogP contribution in [0.3, 0.4) is 0 Å². The van der Waals surface area contributed by atoms with Gasteiger partial charge in [0.2, 0.25) is 0 Å².